The number of β-amino-alcohol motifs (C(OH)–C–C–N with tert-alkyl or cyclic N) is 1. The number of benzene rings is 2. The van der Waals surface area contributed by atoms with Gasteiger partial charge in [-0.15, -0.1) is 0 Å². The van der Waals surface area contributed by atoms with Crippen LogP contribution in [0.25, 0.3) is 10.9 Å². The summed E-state index contributed by atoms with van der Waals surface area (Å²) in [6.07, 6.45) is 0.132. The maximum absolute atomic E-state index is 14.1. The second-order valence-corrected chi connectivity index (χ2v) is 6.46. The number of carbonyl (C=O) groups excluding carboxylic acids is 1. The van der Waals surface area contributed by atoms with Crippen molar-refractivity contribution in [2.75, 3.05) is 13.1 Å². The Morgan fingerprint density at radius 2 is 1.92 bits per heavy atom. The molecule has 2 heterocycles. The Labute approximate surface area is 145 Å². The molecular weight excluding hydrogens is 319 g/mol. The van der Waals surface area contributed by atoms with Gasteiger partial charge in [-0.05, 0) is 24.6 Å². The first-order valence-electron chi connectivity index (χ1n) is 8.42. The summed E-state index contributed by atoms with van der Waals surface area (Å²) in [5, 5.41) is 10.7. The molecule has 0 radical (unpaired) electrons. The average Bonchev–Trinajstić information content (AvgIpc) is 3.21. The van der Waals surface area contributed by atoms with E-state index in [9.17, 15) is 14.3 Å². The highest BCUT2D eigenvalue weighted by Gasteiger charge is 2.28. The molecule has 0 unspecified atom stereocenters. The summed E-state index contributed by atoms with van der Waals surface area (Å²) in [4.78, 5) is 14.6. The number of para-hydroxylation sites is 1. The van der Waals surface area contributed by atoms with Crippen LogP contribution < -0.4 is 0 Å². The zero-order chi connectivity index (χ0) is 17.4. The highest BCUT2D eigenvalue weighted by atomic mass is 19.1. The van der Waals surface area contributed by atoms with Crippen LogP contribution in [0.1, 0.15) is 22.5 Å². The molecular formula is C20H19FN2O2. The quantitative estimate of drug-likeness (QED) is 0.798. The van der Waals surface area contributed by atoms with E-state index in [-0.39, 0.29) is 18.3 Å². The molecule has 1 aliphatic rings. The van der Waals surface area contributed by atoms with Crippen LogP contribution >= 0.6 is 0 Å². The molecule has 2 aromatic carbocycles. The Bertz CT molecular complexity index is 934. The molecule has 0 bridgehead atoms. The summed E-state index contributed by atoms with van der Waals surface area (Å²) in [5.74, 6) is -0.403. The van der Waals surface area contributed by atoms with Crippen LogP contribution in [-0.2, 0) is 6.54 Å². The molecule has 1 N–H and O–H groups in total. The number of aliphatic hydroxyl groups is 1. The van der Waals surface area contributed by atoms with Gasteiger partial charge in [-0.25, -0.2) is 4.39 Å². The van der Waals surface area contributed by atoms with Gasteiger partial charge in [0.2, 0.25) is 0 Å². The SMILES string of the molecule is O=C(c1cc2ccccc2n1Cc1ccccc1F)N1CC[C@H](O)C1. The Hall–Kier alpha value is -2.66. The van der Waals surface area contributed by atoms with E-state index in [0.717, 1.165) is 10.9 Å². The summed E-state index contributed by atoms with van der Waals surface area (Å²) < 4.78 is 16.0. The number of likely N-dealkylation sites (tertiary alicyclic amines) is 1. The Morgan fingerprint density at radius 3 is 2.68 bits per heavy atom. The lowest BCUT2D eigenvalue weighted by molar-refractivity contribution is 0.0755. The fraction of sp³-hybridized carbons (Fsp3) is 0.250. The molecule has 3 aromatic rings. The molecule has 25 heavy (non-hydrogen) atoms. The van der Waals surface area contributed by atoms with Crippen molar-refractivity contribution >= 4 is 16.8 Å². The van der Waals surface area contributed by atoms with Gasteiger partial charge in [-0.1, -0.05) is 36.4 Å². The topological polar surface area (TPSA) is 45.5 Å². The number of hydrogen-bond acceptors (Lipinski definition) is 2. The van der Waals surface area contributed by atoms with Crippen molar-refractivity contribution in [3.05, 3.63) is 71.7 Å². The van der Waals surface area contributed by atoms with E-state index < -0.39 is 6.10 Å². The third kappa shape index (κ3) is 2.91. The number of halogens is 1. The van der Waals surface area contributed by atoms with Crippen LogP contribution in [-0.4, -0.2) is 39.7 Å². The average molecular weight is 338 g/mol. The highest BCUT2D eigenvalue weighted by molar-refractivity contribution is 5.99. The zero-order valence-corrected chi connectivity index (χ0v) is 13.7. The van der Waals surface area contributed by atoms with E-state index in [1.807, 2.05) is 34.9 Å². The van der Waals surface area contributed by atoms with Crippen molar-refractivity contribution in [3.63, 3.8) is 0 Å². The van der Waals surface area contributed by atoms with Gasteiger partial charge in [0, 0.05) is 29.6 Å². The number of nitrogens with zero attached hydrogens (tertiary/aromatic N) is 2. The van der Waals surface area contributed by atoms with Gasteiger partial charge in [-0.3, -0.25) is 4.79 Å². The molecule has 1 fully saturated rings. The van der Waals surface area contributed by atoms with Gasteiger partial charge >= 0.3 is 0 Å². The smallest absolute Gasteiger partial charge is 0.270 e. The lowest BCUT2D eigenvalue weighted by Crippen LogP contribution is -2.31. The molecule has 1 amide bonds. The second-order valence-electron chi connectivity index (χ2n) is 6.46. The number of aliphatic hydroxyl groups excluding tert-OH is 1. The van der Waals surface area contributed by atoms with Crippen molar-refractivity contribution < 1.29 is 14.3 Å². The first kappa shape index (κ1) is 15.8. The van der Waals surface area contributed by atoms with Gasteiger partial charge in [0.25, 0.3) is 5.91 Å². The minimum Gasteiger partial charge on any atom is -0.391 e. The summed E-state index contributed by atoms with van der Waals surface area (Å²) in [7, 11) is 0. The molecule has 1 atom stereocenters. The molecule has 0 aliphatic carbocycles. The molecule has 1 aliphatic heterocycles. The molecule has 1 aromatic heterocycles. The maximum atomic E-state index is 14.1. The van der Waals surface area contributed by atoms with Gasteiger partial charge in [0.1, 0.15) is 11.5 Å². The molecule has 0 spiro atoms. The molecule has 0 saturated carbocycles. The molecule has 4 rings (SSSR count). The number of carbonyl (C=O) groups is 1. The number of aromatic nitrogens is 1. The summed E-state index contributed by atoms with van der Waals surface area (Å²) in [6, 6.07) is 16.2. The number of hydrogen-bond donors (Lipinski definition) is 1. The van der Waals surface area contributed by atoms with Crippen molar-refractivity contribution in [1.29, 1.82) is 0 Å². The van der Waals surface area contributed by atoms with E-state index in [4.69, 9.17) is 0 Å². The lowest BCUT2D eigenvalue weighted by atomic mass is 10.2. The van der Waals surface area contributed by atoms with E-state index in [1.54, 1.807) is 23.1 Å². The van der Waals surface area contributed by atoms with E-state index >= 15 is 0 Å². The largest absolute Gasteiger partial charge is 0.391 e. The predicted octanol–water partition coefficient (Wildman–Crippen LogP) is 3.04. The van der Waals surface area contributed by atoms with Crippen LogP contribution in [0.4, 0.5) is 4.39 Å². The third-order valence-corrected chi connectivity index (χ3v) is 4.77. The van der Waals surface area contributed by atoms with E-state index in [0.29, 0.717) is 30.8 Å². The normalized spacial score (nSPS) is 17.4. The van der Waals surface area contributed by atoms with Crippen molar-refractivity contribution in [3.8, 4) is 0 Å². The monoisotopic (exact) mass is 338 g/mol. The summed E-state index contributed by atoms with van der Waals surface area (Å²) in [6.45, 7) is 1.18. The lowest BCUT2D eigenvalue weighted by Gasteiger charge is -2.18. The number of rotatable bonds is 3. The van der Waals surface area contributed by atoms with Crippen LogP contribution in [0.2, 0.25) is 0 Å². The molecule has 128 valence electrons. The number of fused-ring (bicyclic) bond motifs is 1. The van der Waals surface area contributed by atoms with Crippen LogP contribution in [0.5, 0.6) is 0 Å². The second kappa shape index (κ2) is 6.33. The van der Waals surface area contributed by atoms with E-state index in [1.165, 1.54) is 6.07 Å². The molecule has 4 nitrogen and oxygen atoms in total. The molecule has 1 saturated heterocycles. The standard InChI is InChI=1S/C20H19FN2O2/c21-17-7-3-1-6-15(17)12-23-18-8-4-2-5-14(18)11-19(23)20(25)22-10-9-16(24)13-22/h1-8,11,16,24H,9-10,12-13H2/t16-/m0/s1. The Balaban J connectivity index is 1.78. The van der Waals surface area contributed by atoms with Crippen molar-refractivity contribution in [2.24, 2.45) is 0 Å². The number of amides is 1. The van der Waals surface area contributed by atoms with Crippen LogP contribution in [0, 0.1) is 5.82 Å². The van der Waals surface area contributed by atoms with Crippen molar-refractivity contribution in [1.82, 2.24) is 9.47 Å². The van der Waals surface area contributed by atoms with Gasteiger partial charge < -0.3 is 14.6 Å². The van der Waals surface area contributed by atoms with Crippen molar-refractivity contribution in [2.45, 2.75) is 19.1 Å². The Kier molecular flexibility index (Phi) is 4.01. The van der Waals surface area contributed by atoms with Gasteiger partial charge in [-0.2, -0.15) is 0 Å². The fourth-order valence-corrected chi connectivity index (χ4v) is 3.44. The zero-order valence-electron chi connectivity index (χ0n) is 13.7. The van der Waals surface area contributed by atoms with Gasteiger partial charge in [0.15, 0.2) is 0 Å². The minimum absolute atomic E-state index is 0.121. The summed E-state index contributed by atoms with van der Waals surface area (Å²) in [5.41, 5.74) is 1.96. The maximum Gasteiger partial charge on any atom is 0.270 e. The first-order valence-corrected chi connectivity index (χ1v) is 8.42. The minimum atomic E-state index is -0.464. The van der Waals surface area contributed by atoms with E-state index in [2.05, 4.69) is 0 Å². The third-order valence-electron chi connectivity index (χ3n) is 4.77. The van der Waals surface area contributed by atoms with Crippen LogP contribution in [0.15, 0.2) is 54.6 Å². The first-order chi connectivity index (χ1) is 12.1. The highest BCUT2D eigenvalue weighted by Crippen LogP contribution is 2.24. The fourth-order valence-electron chi connectivity index (χ4n) is 3.44. The Morgan fingerprint density at radius 1 is 1.16 bits per heavy atom. The predicted molar refractivity (Wildman–Crippen MR) is 94.0 cm³/mol. The summed E-state index contributed by atoms with van der Waals surface area (Å²) >= 11 is 0. The van der Waals surface area contributed by atoms with Gasteiger partial charge in [0.05, 0.1) is 12.6 Å². The van der Waals surface area contributed by atoms with Crippen LogP contribution in [0.3, 0.4) is 0 Å². The molecule has 5 heteroatoms.